The summed E-state index contributed by atoms with van der Waals surface area (Å²) in [4.78, 5) is 9.65. The van der Waals surface area contributed by atoms with Crippen LogP contribution in [0.5, 0.6) is 0 Å². The van der Waals surface area contributed by atoms with Gasteiger partial charge in [0.05, 0.1) is 23.7 Å². The normalized spacial score (nSPS) is 12.7. The van der Waals surface area contributed by atoms with Crippen LogP contribution in [0.2, 0.25) is 0 Å². The van der Waals surface area contributed by atoms with Gasteiger partial charge in [0.25, 0.3) is 0 Å². The molecule has 3 N–H and O–H groups in total. The number of anilines is 1. The largest absolute Gasteiger partial charge is 0.383 e. The van der Waals surface area contributed by atoms with Crippen LogP contribution in [0.25, 0.3) is 22.6 Å². The lowest BCUT2D eigenvalue weighted by atomic mass is 10.0. The summed E-state index contributed by atoms with van der Waals surface area (Å²) in [7, 11) is 1.69. The molecule has 0 aliphatic rings. The number of imidazole rings is 1. The van der Waals surface area contributed by atoms with Crippen molar-refractivity contribution in [3.05, 3.63) is 35.4 Å². The summed E-state index contributed by atoms with van der Waals surface area (Å²) in [5.74, 6) is 1.77. The molecule has 0 saturated heterocycles. The molecule has 0 unspecified atom stereocenters. The Labute approximate surface area is 183 Å². The summed E-state index contributed by atoms with van der Waals surface area (Å²) in [6.07, 6.45) is 1.72. The second-order valence-corrected chi connectivity index (χ2v) is 8.59. The molecular formula is C23H33N7O. The average Bonchev–Trinajstić information content (AvgIpc) is 3.07. The van der Waals surface area contributed by atoms with Gasteiger partial charge in [-0.2, -0.15) is 0 Å². The first-order chi connectivity index (χ1) is 14.6. The number of ether oxygens (including phenoxy) is 1. The van der Waals surface area contributed by atoms with Crippen LogP contribution in [0, 0.1) is 10.8 Å². The number of fused-ring (bicyclic) bond motifs is 1. The lowest BCUT2D eigenvalue weighted by Crippen LogP contribution is -2.30. The van der Waals surface area contributed by atoms with Gasteiger partial charge >= 0.3 is 0 Å². The molecule has 3 rings (SSSR count). The summed E-state index contributed by atoms with van der Waals surface area (Å²) in [5, 5.41) is 19.8. The molecule has 8 nitrogen and oxygen atoms in total. The minimum atomic E-state index is 0.0286. The van der Waals surface area contributed by atoms with Gasteiger partial charge in [-0.25, -0.2) is 9.97 Å². The first-order valence-corrected chi connectivity index (χ1v) is 10.7. The summed E-state index contributed by atoms with van der Waals surface area (Å²) in [6, 6.07) is 6.48. The molecule has 3 aromatic rings. The van der Waals surface area contributed by atoms with E-state index < -0.39 is 0 Å². The number of rotatable bonds is 7. The number of hydrogen-bond donors (Lipinski definition) is 3. The predicted molar refractivity (Wildman–Crippen MR) is 125 cm³/mol. The Morgan fingerprint density at radius 2 is 1.87 bits per heavy atom. The molecule has 0 radical (unpaired) electrons. The monoisotopic (exact) mass is 423 g/mol. The third kappa shape index (κ3) is 4.54. The average molecular weight is 424 g/mol. The van der Waals surface area contributed by atoms with Gasteiger partial charge < -0.3 is 14.6 Å². The Morgan fingerprint density at radius 3 is 2.45 bits per heavy atom. The second-order valence-electron chi connectivity index (χ2n) is 8.59. The quantitative estimate of drug-likeness (QED) is 0.387. The highest BCUT2D eigenvalue weighted by Crippen LogP contribution is 2.30. The molecule has 166 valence electrons. The van der Waals surface area contributed by atoms with Crippen molar-refractivity contribution in [2.24, 2.45) is 0 Å². The van der Waals surface area contributed by atoms with Crippen molar-refractivity contribution in [3.8, 4) is 11.5 Å². The van der Waals surface area contributed by atoms with E-state index in [1.54, 1.807) is 20.2 Å². The van der Waals surface area contributed by atoms with Gasteiger partial charge in [-0.15, -0.1) is 0 Å². The molecule has 0 fully saturated rings. The van der Waals surface area contributed by atoms with E-state index in [9.17, 15) is 0 Å². The zero-order valence-electron chi connectivity index (χ0n) is 19.4. The molecule has 1 atom stereocenters. The summed E-state index contributed by atoms with van der Waals surface area (Å²) < 4.78 is 9.13. The molecular weight excluding hydrogens is 390 g/mol. The Morgan fingerprint density at radius 1 is 1.16 bits per heavy atom. The van der Waals surface area contributed by atoms with Gasteiger partial charge in [-0.1, -0.05) is 19.9 Å². The van der Waals surface area contributed by atoms with Gasteiger partial charge in [0.2, 0.25) is 0 Å². The summed E-state index contributed by atoms with van der Waals surface area (Å²) in [5.41, 5.74) is 3.91. The van der Waals surface area contributed by atoms with Crippen LogP contribution in [0.3, 0.4) is 0 Å². The maximum atomic E-state index is 8.47. The first kappa shape index (κ1) is 22.7. The van der Waals surface area contributed by atoms with Crippen LogP contribution in [0.4, 0.5) is 5.82 Å². The number of hydrogen-bond acceptors (Lipinski definition) is 6. The van der Waals surface area contributed by atoms with Crippen LogP contribution in [0.1, 0.15) is 59.1 Å². The highest BCUT2D eigenvalue weighted by atomic mass is 16.5. The maximum Gasteiger partial charge on any atom is 0.173 e. The molecule has 0 aliphatic carbocycles. The van der Waals surface area contributed by atoms with E-state index in [1.807, 2.05) is 19.9 Å². The van der Waals surface area contributed by atoms with Gasteiger partial charge in [-0.05, 0) is 51.3 Å². The highest BCUT2D eigenvalue weighted by Gasteiger charge is 2.21. The van der Waals surface area contributed by atoms with Crippen molar-refractivity contribution >= 4 is 22.7 Å². The molecule has 31 heavy (non-hydrogen) atoms. The summed E-state index contributed by atoms with van der Waals surface area (Å²) >= 11 is 0. The minimum Gasteiger partial charge on any atom is -0.383 e. The number of nitrogens with zero attached hydrogens (tertiary/aromatic N) is 4. The van der Waals surface area contributed by atoms with Crippen LogP contribution >= 0.6 is 0 Å². The number of methoxy groups -OCH3 is 1. The molecule has 2 aromatic heterocycles. The third-order valence-electron chi connectivity index (χ3n) is 5.19. The van der Waals surface area contributed by atoms with Crippen LogP contribution in [-0.2, 0) is 4.74 Å². The second kappa shape index (κ2) is 9.01. The zero-order valence-corrected chi connectivity index (χ0v) is 19.4. The lowest BCUT2D eigenvalue weighted by Gasteiger charge is -2.19. The SMILES string of the molecule is COC[C@H](C)n1c(-c2cn(C(C)=N)c(=N)c(NC(C)C)n2)nc2ccc(C(C)C)cc21. The van der Waals surface area contributed by atoms with Crippen LogP contribution in [-0.4, -0.2) is 44.7 Å². The number of aromatic nitrogens is 4. The van der Waals surface area contributed by atoms with Crippen molar-refractivity contribution in [1.29, 1.82) is 10.8 Å². The minimum absolute atomic E-state index is 0.0286. The maximum absolute atomic E-state index is 8.47. The Kier molecular flexibility index (Phi) is 6.59. The van der Waals surface area contributed by atoms with Crippen LogP contribution in [0.15, 0.2) is 24.4 Å². The fraction of sp³-hybridized carbons (Fsp3) is 0.478. The first-order valence-electron chi connectivity index (χ1n) is 10.7. The number of nitrogens with one attached hydrogen (secondary N) is 3. The van der Waals surface area contributed by atoms with E-state index in [2.05, 4.69) is 42.8 Å². The topological polar surface area (TPSA) is 105 Å². The number of benzene rings is 1. The van der Waals surface area contributed by atoms with E-state index in [-0.39, 0.29) is 23.4 Å². The van der Waals surface area contributed by atoms with Crippen molar-refractivity contribution in [3.63, 3.8) is 0 Å². The van der Waals surface area contributed by atoms with Crippen molar-refractivity contribution in [2.45, 2.75) is 59.5 Å². The van der Waals surface area contributed by atoms with E-state index in [0.717, 1.165) is 11.0 Å². The van der Waals surface area contributed by atoms with Crippen molar-refractivity contribution < 1.29 is 4.74 Å². The molecule has 0 bridgehead atoms. The molecule has 0 amide bonds. The smallest absolute Gasteiger partial charge is 0.173 e. The fourth-order valence-electron chi connectivity index (χ4n) is 3.66. The molecule has 0 aliphatic heterocycles. The van der Waals surface area contributed by atoms with Gasteiger partial charge in [-0.3, -0.25) is 15.4 Å². The van der Waals surface area contributed by atoms with Gasteiger partial charge in [0.15, 0.2) is 17.1 Å². The van der Waals surface area contributed by atoms with Crippen molar-refractivity contribution in [1.82, 2.24) is 19.1 Å². The Balaban J connectivity index is 2.33. The molecule has 8 heteroatoms. The van der Waals surface area contributed by atoms with E-state index in [4.69, 9.17) is 25.5 Å². The van der Waals surface area contributed by atoms with Crippen LogP contribution < -0.4 is 10.8 Å². The molecule has 1 aromatic carbocycles. The molecule has 0 spiro atoms. The van der Waals surface area contributed by atoms with Crippen molar-refractivity contribution in [2.75, 3.05) is 19.0 Å². The third-order valence-corrected chi connectivity index (χ3v) is 5.19. The fourth-order valence-corrected chi connectivity index (χ4v) is 3.66. The predicted octanol–water partition coefficient (Wildman–Crippen LogP) is 4.38. The Hall–Kier alpha value is -3.00. The Bertz CT molecular complexity index is 1160. The van der Waals surface area contributed by atoms with Gasteiger partial charge in [0, 0.05) is 19.3 Å². The van der Waals surface area contributed by atoms with Gasteiger partial charge in [0.1, 0.15) is 11.5 Å². The van der Waals surface area contributed by atoms with E-state index in [0.29, 0.717) is 29.9 Å². The lowest BCUT2D eigenvalue weighted by molar-refractivity contribution is 0.164. The summed E-state index contributed by atoms with van der Waals surface area (Å²) in [6.45, 7) is 12.6. The molecule has 0 saturated carbocycles. The standard InChI is InChI=1S/C23H33N7O/c1-13(2)17-8-9-18-20(10-17)30(15(5)12-31-7)23(28-18)19-11-29(16(6)24)21(25)22(27-19)26-14(3)4/h8-11,13-15,24-25H,12H2,1-7H3,(H,26,27)/t15-/m0/s1. The van der Waals surface area contributed by atoms with E-state index >= 15 is 0 Å². The zero-order chi connectivity index (χ0) is 22.9. The molecule has 2 heterocycles. The highest BCUT2D eigenvalue weighted by molar-refractivity contribution is 5.83. The van der Waals surface area contributed by atoms with E-state index in [1.165, 1.54) is 10.1 Å².